The highest BCUT2D eigenvalue weighted by molar-refractivity contribution is 5.88. The Morgan fingerprint density at radius 3 is 2.32 bits per heavy atom. The molecule has 1 aromatic carbocycles. The summed E-state index contributed by atoms with van der Waals surface area (Å²) < 4.78 is 6.63. The Morgan fingerprint density at radius 1 is 1.16 bits per heavy atom. The van der Waals surface area contributed by atoms with Gasteiger partial charge in [-0.05, 0) is 42.2 Å². The molecule has 5 heteroatoms. The van der Waals surface area contributed by atoms with E-state index in [1.54, 1.807) is 10.6 Å². The minimum absolute atomic E-state index is 0.367. The normalized spacial score (nSPS) is 11.2. The van der Waals surface area contributed by atoms with Crippen LogP contribution in [0.25, 0.3) is 5.69 Å². The second-order valence-electron chi connectivity index (χ2n) is 7.19. The minimum Gasteiger partial charge on any atom is -0.464 e. The van der Waals surface area contributed by atoms with E-state index >= 15 is 0 Å². The SMILES string of the molecule is COC(=O)c1cccn1-c1ccc(N(CC(C)C)CC(C)C)c(N)c1. The van der Waals surface area contributed by atoms with Gasteiger partial charge in [-0.25, -0.2) is 4.79 Å². The second-order valence-corrected chi connectivity index (χ2v) is 7.19. The van der Waals surface area contributed by atoms with Crippen molar-refractivity contribution >= 4 is 17.3 Å². The van der Waals surface area contributed by atoms with E-state index in [1.165, 1.54) is 7.11 Å². The Hall–Kier alpha value is -2.43. The number of esters is 1. The molecule has 0 radical (unpaired) electrons. The third kappa shape index (κ3) is 4.56. The zero-order valence-corrected chi connectivity index (χ0v) is 15.8. The summed E-state index contributed by atoms with van der Waals surface area (Å²) in [5.41, 5.74) is 9.45. The summed E-state index contributed by atoms with van der Waals surface area (Å²) in [6, 6.07) is 9.50. The van der Waals surface area contributed by atoms with Crippen LogP contribution < -0.4 is 10.6 Å². The Kier molecular flexibility index (Phi) is 6.12. The molecule has 2 N–H and O–H groups in total. The molecule has 136 valence electrons. The fourth-order valence-electron chi connectivity index (χ4n) is 3.01. The highest BCUT2D eigenvalue weighted by atomic mass is 16.5. The van der Waals surface area contributed by atoms with Crippen molar-refractivity contribution in [3.05, 3.63) is 42.2 Å². The molecule has 1 heterocycles. The summed E-state index contributed by atoms with van der Waals surface area (Å²) >= 11 is 0. The van der Waals surface area contributed by atoms with Crippen molar-refractivity contribution < 1.29 is 9.53 Å². The van der Waals surface area contributed by atoms with Crippen molar-refractivity contribution in [3.63, 3.8) is 0 Å². The fourth-order valence-corrected chi connectivity index (χ4v) is 3.01. The molecule has 0 atom stereocenters. The number of carbonyl (C=O) groups is 1. The molecule has 0 unspecified atom stereocenters. The maximum atomic E-state index is 11.9. The van der Waals surface area contributed by atoms with E-state index in [2.05, 4.69) is 32.6 Å². The molecule has 0 bridgehead atoms. The van der Waals surface area contributed by atoms with Gasteiger partial charge in [-0.15, -0.1) is 0 Å². The van der Waals surface area contributed by atoms with E-state index < -0.39 is 0 Å². The van der Waals surface area contributed by atoms with Crippen LogP contribution in [-0.2, 0) is 4.74 Å². The molecule has 0 aliphatic rings. The summed E-state index contributed by atoms with van der Waals surface area (Å²) in [7, 11) is 1.38. The van der Waals surface area contributed by atoms with Gasteiger partial charge in [0.25, 0.3) is 0 Å². The lowest BCUT2D eigenvalue weighted by atomic mass is 10.1. The van der Waals surface area contributed by atoms with E-state index in [-0.39, 0.29) is 5.97 Å². The number of aromatic nitrogens is 1. The molecule has 0 amide bonds. The number of nitrogens with zero attached hydrogens (tertiary/aromatic N) is 2. The lowest BCUT2D eigenvalue weighted by molar-refractivity contribution is 0.0591. The van der Waals surface area contributed by atoms with E-state index in [1.807, 2.05) is 30.5 Å². The third-order valence-corrected chi connectivity index (χ3v) is 3.94. The molecule has 1 aromatic heterocycles. The van der Waals surface area contributed by atoms with Crippen molar-refractivity contribution in [3.8, 4) is 5.69 Å². The lowest BCUT2D eigenvalue weighted by Gasteiger charge is -2.30. The van der Waals surface area contributed by atoms with Gasteiger partial charge in [-0.2, -0.15) is 0 Å². The van der Waals surface area contributed by atoms with E-state index in [9.17, 15) is 4.79 Å². The molecule has 25 heavy (non-hydrogen) atoms. The van der Waals surface area contributed by atoms with Crippen LogP contribution in [0.3, 0.4) is 0 Å². The maximum Gasteiger partial charge on any atom is 0.355 e. The first kappa shape index (κ1) is 18.9. The number of benzene rings is 1. The first-order valence-electron chi connectivity index (χ1n) is 8.74. The first-order valence-corrected chi connectivity index (χ1v) is 8.74. The smallest absolute Gasteiger partial charge is 0.355 e. The number of hydrogen-bond acceptors (Lipinski definition) is 4. The number of anilines is 2. The largest absolute Gasteiger partial charge is 0.464 e. The highest BCUT2D eigenvalue weighted by Crippen LogP contribution is 2.28. The monoisotopic (exact) mass is 343 g/mol. The Balaban J connectivity index is 2.37. The molecule has 5 nitrogen and oxygen atoms in total. The minimum atomic E-state index is -0.367. The zero-order valence-electron chi connectivity index (χ0n) is 15.8. The van der Waals surface area contributed by atoms with Gasteiger partial charge in [0.15, 0.2) is 0 Å². The topological polar surface area (TPSA) is 60.5 Å². The Morgan fingerprint density at radius 2 is 1.80 bits per heavy atom. The van der Waals surface area contributed by atoms with Crippen LogP contribution >= 0.6 is 0 Å². The molecule has 0 fully saturated rings. The van der Waals surface area contributed by atoms with Crippen molar-refractivity contribution in [1.82, 2.24) is 4.57 Å². The van der Waals surface area contributed by atoms with Gasteiger partial charge in [0, 0.05) is 25.0 Å². The zero-order chi connectivity index (χ0) is 18.6. The molecular formula is C20H29N3O2. The average Bonchev–Trinajstić information content (AvgIpc) is 3.02. The molecule has 0 aliphatic heterocycles. The van der Waals surface area contributed by atoms with Crippen molar-refractivity contribution in [2.45, 2.75) is 27.7 Å². The Bertz CT molecular complexity index is 709. The second kappa shape index (κ2) is 8.10. The van der Waals surface area contributed by atoms with E-state index in [4.69, 9.17) is 10.5 Å². The van der Waals surface area contributed by atoms with Crippen LogP contribution in [0.15, 0.2) is 36.5 Å². The Labute approximate surface area is 150 Å². The fraction of sp³-hybridized carbons (Fsp3) is 0.450. The van der Waals surface area contributed by atoms with E-state index in [0.29, 0.717) is 23.2 Å². The van der Waals surface area contributed by atoms with Crippen LogP contribution in [-0.4, -0.2) is 30.7 Å². The predicted octanol–water partition coefficient (Wildman–Crippen LogP) is 3.96. The van der Waals surface area contributed by atoms with Gasteiger partial charge < -0.3 is 19.9 Å². The predicted molar refractivity (Wildman–Crippen MR) is 103 cm³/mol. The molecule has 2 aromatic rings. The van der Waals surface area contributed by atoms with Crippen molar-refractivity contribution in [2.24, 2.45) is 11.8 Å². The quantitative estimate of drug-likeness (QED) is 0.610. The first-order chi connectivity index (χ1) is 11.8. The average molecular weight is 343 g/mol. The van der Waals surface area contributed by atoms with Gasteiger partial charge in [-0.1, -0.05) is 27.7 Å². The summed E-state index contributed by atoms with van der Waals surface area (Å²) in [6.45, 7) is 10.7. The number of carbonyl (C=O) groups excluding carboxylic acids is 1. The molecule has 2 rings (SSSR count). The molecule has 0 spiro atoms. The lowest BCUT2D eigenvalue weighted by Crippen LogP contribution is -2.31. The third-order valence-electron chi connectivity index (χ3n) is 3.94. The summed E-state index contributed by atoms with van der Waals surface area (Å²) in [4.78, 5) is 14.2. The van der Waals surface area contributed by atoms with Gasteiger partial charge in [-0.3, -0.25) is 0 Å². The number of methoxy groups -OCH3 is 1. The number of nitrogen functional groups attached to an aromatic ring is 1. The van der Waals surface area contributed by atoms with Crippen LogP contribution in [0.2, 0.25) is 0 Å². The van der Waals surface area contributed by atoms with Crippen LogP contribution in [0.1, 0.15) is 38.2 Å². The van der Waals surface area contributed by atoms with Crippen molar-refractivity contribution in [1.29, 1.82) is 0 Å². The standard InChI is InChI=1S/C20H29N3O2/c1-14(2)12-22(13-15(3)4)18-9-8-16(11-17(18)21)23-10-6-7-19(23)20(24)25-5/h6-11,14-15H,12-13,21H2,1-5H3. The number of nitrogens with two attached hydrogens (primary N) is 1. The van der Waals surface area contributed by atoms with E-state index in [0.717, 1.165) is 24.5 Å². The summed E-state index contributed by atoms with van der Waals surface area (Å²) in [6.07, 6.45) is 1.83. The van der Waals surface area contributed by atoms with Crippen LogP contribution in [0.4, 0.5) is 11.4 Å². The maximum absolute atomic E-state index is 11.9. The molecule has 0 saturated carbocycles. The van der Waals surface area contributed by atoms with Gasteiger partial charge in [0.2, 0.25) is 0 Å². The molecule has 0 saturated heterocycles. The van der Waals surface area contributed by atoms with Gasteiger partial charge >= 0.3 is 5.97 Å². The van der Waals surface area contributed by atoms with Crippen molar-refractivity contribution in [2.75, 3.05) is 30.8 Å². The van der Waals surface area contributed by atoms with Crippen LogP contribution in [0.5, 0.6) is 0 Å². The molecular weight excluding hydrogens is 314 g/mol. The highest BCUT2D eigenvalue weighted by Gasteiger charge is 2.16. The van der Waals surface area contributed by atoms with Gasteiger partial charge in [0.1, 0.15) is 5.69 Å². The summed E-state index contributed by atoms with van der Waals surface area (Å²) in [5, 5.41) is 0. The number of rotatable bonds is 7. The number of ether oxygens (including phenoxy) is 1. The summed E-state index contributed by atoms with van der Waals surface area (Å²) in [5.74, 6) is 0.732. The molecule has 0 aliphatic carbocycles. The van der Waals surface area contributed by atoms with Crippen LogP contribution in [0, 0.1) is 11.8 Å². The number of hydrogen-bond donors (Lipinski definition) is 1. The van der Waals surface area contributed by atoms with Gasteiger partial charge in [0.05, 0.1) is 18.5 Å².